The van der Waals surface area contributed by atoms with E-state index in [4.69, 9.17) is 4.74 Å². The predicted octanol–water partition coefficient (Wildman–Crippen LogP) is 0.310. The number of ether oxygens (including phenoxy) is 1. The van der Waals surface area contributed by atoms with Crippen LogP contribution in [0.2, 0.25) is 0 Å². The quantitative estimate of drug-likeness (QED) is 0.523. The Bertz CT molecular complexity index is 525. The van der Waals surface area contributed by atoms with Gasteiger partial charge in [0, 0.05) is 0 Å². The summed E-state index contributed by atoms with van der Waals surface area (Å²) < 4.78 is 5.30. The number of carbonyl (C=O) groups excluding carboxylic acids is 1. The molecular weight excluding hydrogens is 282 g/mol. The van der Waals surface area contributed by atoms with Gasteiger partial charge in [0.15, 0.2) is 18.0 Å². The van der Waals surface area contributed by atoms with E-state index in [0.717, 1.165) is 18.7 Å². The standard InChI is InChI=1S/C16H23N3O3/c1-2-22-15-10-13(6-7-14(15)20)11-17-18-16(21)12-19-8-4-3-5-9-19/h6-7,10-11,20H,2-5,8-9,12H2,1H3,(H,18,21)/p+1/b17-11+. The van der Waals surface area contributed by atoms with Gasteiger partial charge in [0.05, 0.1) is 25.9 Å². The normalized spacial score (nSPS) is 15.9. The Morgan fingerprint density at radius 1 is 1.41 bits per heavy atom. The smallest absolute Gasteiger partial charge is 0.295 e. The van der Waals surface area contributed by atoms with Crippen LogP contribution >= 0.6 is 0 Å². The van der Waals surface area contributed by atoms with E-state index in [2.05, 4.69) is 10.5 Å². The molecule has 0 unspecified atom stereocenters. The maximum absolute atomic E-state index is 11.8. The molecule has 1 aliphatic heterocycles. The molecule has 1 amide bonds. The largest absolute Gasteiger partial charge is 0.504 e. The third kappa shape index (κ3) is 5.04. The summed E-state index contributed by atoms with van der Waals surface area (Å²) in [5, 5.41) is 13.6. The van der Waals surface area contributed by atoms with E-state index in [-0.39, 0.29) is 11.7 Å². The number of hydrogen-bond acceptors (Lipinski definition) is 4. The first kappa shape index (κ1) is 16.3. The molecule has 1 aliphatic rings. The highest BCUT2D eigenvalue weighted by Gasteiger charge is 2.16. The Labute approximate surface area is 130 Å². The van der Waals surface area contributed by atoms with Crippen molar-refractivity contribution in [2.75, 3.05) is 26.2 Å². The highest BCUT2D eigenvalue weighted by atomic mass is 16.5. The Kier molecular flexibility index (Phi) is 6.21. The molecule has 0 radical (unpaired) electrons. The Balaban J connectivity index is 1.83. The first-order valence-corrected chi connectivity index (χ1v) is 7.80. The van der Waals surface area contributed by atoms with Gasteiger partial charge < -0.3 is 14.7 Å². The van der Waals surface area contributed by atoms with Crippen LogP contribution in [0.25, 0.3) is 0 Å². The van der Waals surface area contributed by atoms with E-state index < -0.39 is 0 Å². The second-order valence-electron chi connectivity index (χ2n) is 5.44. The minimum absolute atomic E-state index is 0.0723. The lowest BCUT2D eigenvalue weighted by Gasteiger charge is -2.22. The lowest BCUT2D eigenvalue weighted by atomic mass is 10.1. The molecule has 0 aromatic heterocycles. The molecular formula is C16H24N3O3+. The van der Waals surface area contributed by atoms with Crippen molar-refractivity contribution in [3.8, 4) is 11.5 Å². The van der Waals surface area contributed by atoms with Crippen LogP contribution in [0.1, 0.15) is 31.7 Å². The number of likely N-dealkylation sites (tertiary alicyclic amines) is 1. The fourth-order valence-electron chi connectivity index (χ4n) is 2.56. The third-order valence-electron chi connectivity index (χ3n) is 3.66. The molecule has 0 saturated carbocycles. The predicted molar refractivity (Wildman–Crippen MR) is 84.4 cm³/mol. The summed E-state index contributed by atoms with van der Waals surface area (Å²) in [4.78, 5) is 13.1. The van der Waals surface area contributed by atoms with Gasteiger partial charge in [-0.05, 0) is 49.9 Å². The number of carbonyl (C=O) groups is 1. The molecule has 120 valence electrons. The maximum Gasteiger partial charge on any atom is 0.295 e. The average Bonchev–Trinajstić information content (AvgIpc) is 2.51. The van der Waals surface area contributed by atoms with Crippen molar-refractivity contribution in [1.82, 2.24) is 5.43 Å². The van der Waals surface area contributed by atoms with Crippen LogP contribution in [-0.2, 0) is 4.79 Å². The van der Waals surface area contributed by atoms with E-state index in [0.29, 0.717) is 18.9 Å². The zero-order valence-electron chi connectivity index (χ0n) is 13.0. The van der Waals surface area contributed by atoms with Crippen LogP contribution in [0.4, 0.5) is 0 Å². The van der Waals surface area contributed by atoms with Crippen molar-refractivity contribution in [3.63, 3.8) is 0 Å². The molecule has 1 fully saturated rings. The maximum atomic E-state index is 11.8. The van der Waals surface area contributed by atoms with Crippen LogP contribution in [0.3, 0.4) is 0 Å². The fraction of sp³-hybridized carbons (Fsp3) is 0.500. The van der Waals surface area contributed by atoms with Gasteiger partial charge in [-0.1, -0.05) is 0 Å². The minimum atomic E-state index is -0.0723. The van der Waals surface area contributed by atoms with Crippen molar-refractivity contribution in [2.24, 2.45) is 5.10 Å². The lowest BCUT2D eigenvalue weighted by molar-refractivity contribution is -0.896. The molecule has 0 bridgehead atoms. The first-order valence-electron chi connectivity index (χ1n) is 7.80. The molecule has 0 aliphatic carbocycles. The van der Waals surface area contributed by atoms with Gasteiger partial charge in [0.25, 0.3) is 5.91 Å². The summed E-state index contributed by atoms with van der Waals surface area (Å²) in [6.45, 7) is 4.92. The summed E-state index contributed by atoms with van der Waals surface area (Å²) in [5.41, 5.74) is 3.31. The van der Waals surface area contributed by atoms with E-state index in [1.165, 1.54) is 24.2 Å². The number of phenolic OH excluding ortho intramolecular Hbond substituents is 1. The first-order chi connectivity index (χ1) is 10.7. The Morgan fingerprint density at radius 2 is 2.18 bits per heavy atom. The summed E-state index contributed by atoms with van der Waals surface area (Å²) in [7, 11) is 0. The van der Waals surface area contributed by atoms with E-state index in [1.54, 1.807) is 24.4 Å². The van der Waals surface area contributed by atoms with Crippen molar-refractivity contribution in [2.45, 2.75) is 26.2 Å². The SMILES string of the molecule is CCOc1cc(/C=N/NC(=O)C[NH+]2CCCCC2)ccc1O. The molecule has 1 saturated heterocycles. The highest BCUT2D eigenvalue weighted by molar-refractivity contribution is 5.83. The average molecular weight is 306 g/mol. The van der Waals surface area contributed by atoms with Crippen LogP contribution in [0.5, 0.6) is 11.5 Å². The summed E-state index contributed by atoms with van der Waals surface area (Å²) in [6, 6.07) is 4.94. The van der Waals surface area contributed by atoms with Gasteiger partial charge >= 0.3 is 0 Å². The Morgan fingerprint density at radius 3 is 2.91 bits per heavy atom. The summed E-state index contributed by atoms with van der Waals surface area (Å²) in [6.07, 6.45) is 5.21. The molecule has 3 N–H and O–H groups in total. The van der Waals surface area contributed by atoms with E-state index in [1.807, 2.05) is 6.92 Å². The number of piperidine rings is 1. The topological polar surface area (TPSA) is 75.4 Å². The van der Waals surface area contributed by atoms with Gasteiger partial charge in [-0.3, -0.25) is 4.79 Å². The molecule has 1 aromatic carbocycles. The molecule has 1 heterocycles. The molecule has 6 heteroatoms. The second-order valence-corrected chi connectivity index (χ2v) is 5.44. The van der Waals surface area contributed by atoms with Gasteiger partial charge in [-0.2, -0.15) is 5.10 Å². The summed E-state index contributed by atoms with van der Waals surface area (Å²) in [5.74, 6) is 0.434. The minimum Gasteiger partial charge on any atom is -0.504 e. The van der Waals surface area contributed by atoms with Crippen molar-refractivity contribution >= 4 is 12.1 Å². The number of hydrazone groups is 1. The van der Waals surface area contributed by atoms with Crippen LogP contribution in [-0.4, -0.2) is 43.5 Å². The molecule has 0 atom stereocenters. The molecule has 1 aromatic rings. The van der Waals surface area contributed by atoms with Crippen molar-refractivity contribution in [1.29, 1.82) is 0 Å². The molecule has 22 heavy (non-hydrogen) atoms. The van der Waals surface area contributed by atoms with Crippen LogP contribution < -0.4 is 15.1 Å². The van der Waals surface area contributed by atoms with Gasteiger partial charge in [-0.25, -0.2) is 5.43 Å². The van der Waals surface area contributed by atoms with Crippen molar-refractivity contribution in [3.05, 3.63) is 23.8 Å². The zero-order valence-corrected chi connectivity index (χ0v) is 13.0. The van der Waals surface area contributed by atoms with Crippen molar-refractivity contribution < 1.29 is 19.5 Å². The zero-order chi connectivity index (χ0) is 15.8. The van der Waals surface area contributed by atoms with Crippen LogP contribution in [0, 0.1) is 0 Å². The lowest BCUT2D eigenvalue weighted by Crippen LogP contribution is -3.13. The number of benzene rings is 1. The molecule has 2 rings (SSSR count). The number of nitrogens with one attached hydrogen (secondary N) is 2. The molecule has 6 nitrogen and oxygen atoms in total. The number of nitrogens with zero attached hydrogens (tertiary/aromatic N) is 1. The monoisotopic (exact) mass is 306 g/mol. The number of aromatic hydroxyl groups is 1. The second kappa shape index (κ2) is 8.38. The number of quaternary nitrogens is 1. The number of phenols is 1. The van der Waals surface area contributed by atoms with Gasteiger partial charge in [0.1, 0.15) is 0 Å². The van der Waals surface area contributed by atoms with Gasteiger partial charge in [0.2, 0.25) is 0 Å². The van der Waals surface area contributed by atoms with E-state index >= 15 is 0 Å². The van der Waals surface area contributed by atoms with Gasteiger partial charge in [-0.15, -0.1) is 0 Å². The summed E-state index contributed by atoms with van der Waals surface area (Å²) >= 11 is 0. The van der Waals surface area contributed by atoms with Crippen LogP contribution in [0.15, 0.2) is 23.3 Å². The Hall–Kier alpha value is -2.08. The number of amides is 1. The fourth-order valence-corrected chi connectivity index (χ4v) is 2.56. The van der Waals surface area contributed by atoms with E-state index in [9.17, 15) is 9.90 Å². The third-order valence-corrected chi connectivity index (χ3v) is 3.66. The highest BCUT2D eigenvalue weighted by Crippen LogP contribution is 2.26. The molecule has 0 spiro atoms. The number of hydrogen-bond donors (Lipinski definition) is 3. The number of rotatable bonds is 6.